The zero-order valence-corrected chi connectivity index (χ0v) is 7.14. The number of carbonyl (C=O) groups excluding carboxylic acids is 1. The molecule has 0 bridgehead atoms. The van der Waals surface area contributed by atoms with Crippen molar-refractivity contribution < 1.29 is 9.18 Å². The third-order valence-corrected chi connectivity index (χ3v) is 1.73. The smallest absolute Gasteiger partial charge is 0.317 e. The van der Waals surface area contributed by atoms with E-state index in [1.54, 1.807) is 6.08 Å². The second-order valence-corrected chi connectivity index (χ2v) is 3.24. The van der Waals surface area contributed by atoms with Crippen molar-refractivity contribution in [3.8, 4) is 0 Å². The standard InChI is InChI=1S/C8H13FN2O/c1-3-4-10-7(12)11-5-8(2,9)6-11/h3H,1,4-6H2,2H3,(H,10,12). The quantitative estimate of drug-likeness (QED) is 0.617. The van der Waals surface area contributed by atoms with Crippen LogP contribution >= 0.6 is 0 Å². The summed E-state index contributed by atoms with van der Waals surface area (Å²) in [6.45, 7) is 5.76. The Balaban J connectivity index is 2.24. The fraction of sp³-hybridized carbons (Fsp3) is 0.625. The number of rotatable bonds is 2. The molecule has 12 heavy (non-hydrogen) atoms. The maximum absolute atomic E-state index is 12.9. The van der Waals surface area contributed by atoms with Crippen LogP contribution in [0.5, 0.6) is 0 Å². The van der Waals surface area contributed by atoms with Gasteiger partial charge in [0.05, 0.1) is 13.1 Å². The van der Waals surface area contributed by atoms with E-state index in [2.05, 4.69) is 11.9 Å². The molecule has 1 heterocycles. The number of alkyl halides is 1. The Bertz CT molecular complexity index is 195. The van der Waals surface area contributed by atoms with E-state index in [1.807, 2.05) is 0 Å². The van der Waals surface area contributed by atoms with Crippen LogP contribution in [0.3, 0.4) is 0 Å². The van der Waals surface area contributed by atoms with E-state index in [9.17, 15) is 9.18 Å². The second-order valence-electron chi connectivity index (χ2n) is 3.24. The molecule has 0 aromatic carbocycles. The summed E-state index contributed by atoms with van der Waals surface area (Å²) < 4.78 is 12.9. The summed E-state index contributed by atoms with van der Waals surface area (Å²) in [5, 5.41) is 2.57. The molecule has 0 spiro atoms. The topological polar surface area (TPSA) is 32.3 Å². The minimum Gasteiger partial charge on any atom is -0.335 e. The molecule has 0 aromatic heterocycles. The Morgan fingerprint density at radius 3 is 2.83 bits per heavy atom. The van der Waals surface area contributed by atoms with Crippen molar-refractivity contribution in [2.75, 3.05) is 19.6 Å². The third kappa shape index (κ3) is 1.96. The highest BCUT2D eigenvalue weighted by Gasteiger charge is 2.41. The SMILES string of the molecule is C=CCNC(=O)N1CC(C)(F)C1. The van der Waals surface area contributed by atoms with Gasteiger partial charge in [-0.1, -0.05) is 6.08 Å². The molecule has 1 rings (SSSR count). The van der Waals surface area contributed by atoms with Crippen molar-refractivity contribution in [3.63, 3.8) is 0 Å². The summed E-state index contributed by atoms with van der Waals surface area (Å²) in [4.78, 5) is 12.5. The molecular formula is C8H13FN2O. The molecule has 68 valence electrons. The molecule has 1 saturated heterocycles. The van der Waals surface area contributed by atoms with Gasteiger partial charge in [0.15, 0.2) is 0 Å². The Labute approximate surface area is 71.2 Å². The van der Waals surface area contributed by atoms with Crippen molar-refractivity contribution in [2.45, 2.75) is 12.6 Å². The average molecular weight is 172 g/mol. The normalized spacial score (nSPS) is 19.7. The highest BCUT2D eigenvalue weighted by Crippen LogP contribution is 2.23. The Hall–Kier alpha value is -1.06. The summed E-state index contributed by atoms with van der Waals surface area (Å²) >= 11 is 0. The molecule has 0 atom stereocenters. The average Bonchev–Trinajstić information content (AvgIpc) is 1.95. The number of urea groups is 1. The lowest BCUT2D eigenvalue weighted by Gasteiger charge is -2.41. The van der Waals surface area contributed by atoms with Gasteiger partial charge in [0.1, 0.15) is 5.67 Å². The molecular weight excluding hydrogens is 159 g/mol. The fourth-order valence-electron chi connectivity index (χ4n) is 1.16. The fourth-order valence-corrected chi connectivity index (χ4v) is 1.16. The monoisotopic (exact) mass is 172 g/mol. The Morgan fingerprint density at radius 2 is 2.42 bits per heavy atom. The summed E-state index contributed by atoms with van der Waals surface area (Å²) in [7, 11) is 0. The van der Waals surface area contributed by atoms with Gasteiger partial charge in [-0.05, 0) is 6.92 Å². The minimum absolute atomic E-state index is 0.190. The van der Waals surface area contributed by atoms with E-state index in [1.165, 1.54) is 11.8 Å². The van der Waals surface area contributed by atoms with Gasteiger partial charge >= 0.3 is 6.03 Å². The van der Waals surface area contributed by atoms with Crippen LogP contribution in [-0.2, 0) is 0 Å². The van der Waals surface area contributed by atoms with Crippen LogP contribution in [0, 0.1) is 0 Å². The van der Waals surface area contributed by atoms with Crippen LogP contribution in [-0.4, -0.2) is 36.2 Å². The summed E-state index contributed by atoms with van der Waals surface area (Å²) in [5.74, 6) is 0. The Kier molecular flexibility index (Phi) is 2.35. The molecule has 1 fully saturated rings. The number of halogens is 1. The molecule has 1 N–H and O–H groups in total. The van der Waals surface area contributed by atoms with Crippen LogP contribution in [0.2, 0.25) is 0 Å². The molecule has 2 amide bonds. The first-order valence-corrected chi connectivity index (χ1v) is 3.88. The number of carbonyl (C=O) groups is 1. The summed E-state index contributed by atoms with van der Waals surface area (Å²) in [5.41, 5.74) is -1.19. The number of nitrogens with one attached hydrogen (secondary N) is 1. The van der Waals surface area contributed by atoms with E-state index in [0.29, 0.717) is 6.54 Å². The number of hydrogen-bond donors (Lipinski definition) is 1. The number of hydrogen-bond acceptors (Lipinski definition) is 1. The van der Waals surface area contributed by atoms with E-state index in [-0.39, 0.29) is 19.1 Å². The molecule has 0 unspecified atom stereocenters. The van der Waals surface area contributed by atoms with Crippen LogP contribution < -0.4 is 5.32 Å². The molecule has 1 aliphatic heterocycles. The lowest BCUT2D eigenvalue weighted by molar-refractivity contribution is 0.0104. The lowest BCUT2D eigenvalue weighted by Crippen LogP contribution is -2.61. The maximum atomic E-state index is 12.9. The van der Waals surface area contributed by atoms with Crippen molar-refractivity contribution in [1.82, 2.24) is 10.2 Å². The van der Waals surface area contributed by atoms with Gasteiger partial charge in [-0.2, -0.15) is 0 Å². The molecule has 0 aromatic rings. The minimum atomic E-state index is -1.19. The maximum Gasteiger partial charge on any atom is 0.317 e. The highest BCUT2D eigenvalue weighted by atomic mass is 19.1. The van der Waals surface area contributed by atoms with Crippen molar-refractivity contribution in [1.29, 1.82) is 0 Å². The van der Waals surface area contributed by atoms with E-state index >= 15 is 0 Å². The van der Waals surface area contributed by atoms with E-state index in [4.69, 9.17) is 0 Å². The van der Waals surface area contributed by atoms with Gasteiger partial charge in [0.25, 0.3) is 0 Å². The predicted octanol–water partition coefficient (Wildman–Crippen LogP) is 0.926. The van der Waals surface area contributed by atoms with Gasteiger partial charge in [0.2, 0.25) is 0 Å². The number of likely N-dealkylation sites (tertiary alicyclic amines) is 1. The molecule has 0 radical (unpaired) electrons. The largest absolute Gasteiger partial charge is 0.335 e. The number of amides is 2. The van der Waals surface area contributed by atoms with Crippen LogP contribution in [0.4, 0.5) is 9.18 Å². The molecule has 3 nitrogen and oxygen atoms in total. The van der Waals surface area contributed by atoms with Crippen LogP contribution in [0.1, 0.15) is 6.92 Å². The molecule has 4 heteroatoms. The van der Waals surface area contributed by atoms with Crippen LogP contribution in [0.25, 0.3) is 0 Å². The summed E-state index contributed by atoms with van der Waals surface area (Å²) in [6.07, 6.45) is 1.59. The molecule has 0 aliphatic carbocycles. The van der Waals surface area contributed by atoms with Crippen molar-refractivity contribution in [2.24, 2.45) is 0 Å². The second kappa shape index (κ2) is 3.13. The van der Waals surface area contributed by atoms with Crippen molar-refractivity contribution in [3.05, 3.63) is 12.7 Å². The van der Waals surface area contributed by atoms with E-state index < -0.39 is 5.67 Å². The van der Waals surface area contributed by atoms with E-state index in [0.717, 1.165) is 0 Å². The zero-order chi connectivity index (χ0) is 9.19. The lowest BCUT2D eigenvalue weighted by atomic mass is 10.00. The highest BCUT2D eigenvalue weighted by molar-refractivity contribution is 5.75. The van der Waals surface area contributed by atoms with Gasteiger partial charge in [-0.25, -0.2) is 9.18 Å². The van der Waals surface area contributed by atoms with Crippen LogP contribution in [0.15, 0.2) is 12.7 Å². The Morgan fingerprint density at radius 1 is 1.83 bits per heavy atom. The first-order valence-electron chi connectivity index (χ1n) is 3.88. The third-order valence-electron chi connectivity index (χ3n) is 1.73. The number of nitrogens with zero attached hydrogens (tertiary/aromatic N) is 1. The predicted molar refractivity (Wildman–Crippen MR) is 44.7 cm³/mol. The first kappa shape index (κ1) is 9.03. The first-order chi connectivity index (χ1) is 5.55. The van der Waals surface area contributed by atoms with Gasteiger partial charge in [-0.15, -0.1) is 6.58 Å². The molecule has 1 aliphatic rings. The summed E-state index contributed by atoms with van der Waals surface area (Å²) in [6, 6.07) is -0.218. The van der Waals surface area contributed by atoms with Gasteiger partial charge in [0, 0.05) is 6.54 Å². The zero-order valence-electron chi connectivity index (χ0n) is 7.14. The van der Waals surface area contributed by atoms with Gasteiger partial charge < -0.3 is 10.2 Å². The molecule has 0 saturated carbocycles. The van der Waals surface area contributed by atoms with Crippen molar-refractivity contribution >= 4 is 6.03 Å². The van der Waals surface area contributed by atoms with Gasteiger partial charge in [-0.3, -0.25) is 0 Å².